The molecule has 0 unspecified atom stereocenters. The fourth-order valence-corrected chi connectivity index (χ4v) is 3.52. The van der Waals surface area contributed by atoms with Gasteiger partial charge in [-0.3, -0.25) is 14.9 Å². The number of carbonyl (C=O) groups excluding carboxylic acids is 2. The molecule has 30 heavy (non-hydrogen) atoms. The third-order valence-electron chi connectivity index (χ3n) is 4.86. The van der Waals surface area contributed by atoms with E-state index < -0.39 is 17.5 Å². The lowest BCUT2D eigenvalue weighted by Crippen LogP contribution is -2.17. The van der Waals surface area contributed by atoms with Crippen molar-refractivity contribution in [2.75, 3.05) is 39.3 Å². The lowest BCUT2D eigenvalue weighted by atomic mass is 10.1. The van der Waals surface area contributed by atoms with Crippen molar-refractivity contribution in [2.45, 2.75) is 26.8 Å². The van der Waals surface area contributed by atoms with Crippen molar-refractivity contribution in [1.29, 1.82) is 0 Å². The summed E-state index contributed by atoms with van der Waals surface area (Å²) in [6.45, 7) is 5.76. The average molecular weight is 417 g/mol. The first-order valence-electron chi connectivity index (χ1n) is 9.41. The maximum absolute atomic E-state index is 12.6. The molecule has 2 rings (SSSR count). The highest BCUT2D eigenvalue weighted by Crippen LogP contribution is 2.28. The van der Waals surface area contributed by atoms with Gasteiger partial charge in [-0.05, 0) is 39.0 Å². The zero-order chi connectivity index (χ0) is 22.6. The molecule has 0 saturated carbocycles. The standard InChI is InChI=1S/C21H27N3O6/c1-13-9-17(15(3)23(13)14(2)11-29-6)20(25)12-30-21(26)16-7-8-18(22(4)5)19(10-16)24(27)28/h7-10,14H,11-12H2,1-6H3/t14-/m1/s1. The molecule has 0 fully saturated rings. The first-order chi connectivity index (χ1) is 14.1. The molecule has 0 N–H and O–H groups in total. The van der Waals surface area contributed by atoms with Crippen LogP contribution in [0.5, 0.6) is 0 Å². The van der Waals surface area contributed by atoms with E-state index in [1.54, 1.807) is 32.2 Å². The third-order valence-corrected chi connectivity index (χ3v) is 4.86. The molecule has 0 amide bonds. The summed E-state index contributed by atoms with van der Waals surface area (Å²) in [6.07, 6.45) is 0. The van der Waals surface area contributed by atoms with Crippen LogP contribution in [0, 0.1) is 24.0 Å². The minimum absolute atomic E-state index is 0.0132. The number of nitrogens with zero attached hydrogens (tertiary/aromatic N) is 3. The Bertz CT molecular complexity index is 964. The number of carbonyl (C=O) groups is 2. The van der Waals surface area contributed by atoms with Crippen molar-refractivity contribution < 1.29 is 24.0 Å². The Kier molecular flexibility index (Phi) is 7.33. The Morgan fingerprint density at radius 2 is 1.90 bits per heavy atom. The Morgan fingerprint density at radius 1 is 1.23 bits per heavy atom. The molecule has 0 aliphatic heterocycles. The number of hydrogen-bond acceptors (Lipinski definition) is 7. The van der Waals surface area contributed by atoms with Gasteiger partial charge in [0.05, 0.1) is 23.1 Å². The minimum Gasteiger partial charge on any atom is -0.454 e. The Labute approximate surface area is 175 Å². The number of nitro benzene ring substituents is 1. The molecule has 0 bridgehead atoms. The van der Waals surface area contributed by atoms with Gasteiger partial charge in [0, 0.05) is 44.2 Å². The van der Waals surface area contributed by atoms with Crippen LogP contribution in [0.2, 0.25) is 0 Å². The maximum atomic E-state index is 12.6. The smallest absolute Gasteiger partial charge is 0.338 e. The van der Waals surface area contributed by atoms with Gasteiger partial charge < -0.3 is 18.9 Å². The highest BCUT2D eigenvalue weighted by Gasteiger charge is 2.22. The number of anilines is 1. The second kappa shape index (κ2) is 9.53. The van der Waals surface area contributed by atoms with E-state index in [1.807, 2.05) is 25.3 Å². The van der Waals surface area contributed by atoms with Crippen LogP contribution in [0.3, 0.4) is 0 Å². The molecule has 1 aromatic heterocycles. The number of hydrogen-bond donors (Lipinski definition) is 0. The van der Waals surface area contributed by atoms with Gasteiger partial charge in [0.15, 0.2) is 6.61 Å². The molecule has 0 radical (unpaired) electrons. The number of Topliss-reactive ketones (excluding diaryl/α,β-unsaturated/α-hetero) is 1. The molecule has 0 aliphatic rings. The minimum atomic E-state index is -0.793. The summed E-state index contributed by atoms with van der Waals surface area (Å²) in [5, 5.41) is 11.3. The molecular weight excluding hydrogens is 390 g/mol. The van der Waals surface area contributed by atoms with E-state index in [1.165, 1.54) is 12.1 Å². The summed E-state index contributed by atoms with van der Waals surface area (Å²) < 4.78 is 12.3. The van der Waals surface area contributed by atoms with Gasteiger partial charge in [0.25, 0.3) is 5.69 Å². The van der Waals surface area contributed by atoms with E-state index in [0.29, 0.717) is 17.9 Å². The Balaban J connectivity index is 2.15. The summed E-state index contributed by atoms with van der Waals surface area (Å²) in [7, 11) is 4.96. The number of nitro groups is 1. The molecule has 1 heterocycles. The quantitative estimate of drug-likeness (QED) is 0.267. The van der Waals surface area contributed by atoms with Gasteiger partial charge in [-0.15, -0.1) is 0 Å². The van der Waals surface area contributed by atoms with Crippen LogP contribution in [-0.4, -0.2) is 55.7 Å². The first-order valence-corrected chi connectivity index (χ1v) is 9.41. The number of aromatic nitrogens is 1. The van der Waals surface area contributed by atoms with Crippen LogP contribution in [0.15, 0.2) is 24.3 Å². The van der Waals surface area contributed by atoms with Gasteiger partial charge in [0.2, 0.25) is 5.78 Å². The van der Waals surface area contributed by atoms with Gasteiger partial charge in [-0.2, -0.15) is 0 Å². The van der Waals surface area contributed by atoms with Crippen molar-refractivity contribution in [1.82, 2.24) is 4.57 Å². The number of ether oxygens (including phenoxy) is 2. The fraction of sp³-hybridized carbons (Fsp3) is 0.429. The molecule has 0 aliphatic carbocycles. The zero-order valence-electron chi connectivity index (χ0n) is 18.1. The van der Waals surface area contributed by atoms with Crippen LogP contribution >= 0.6 is 0 Å². The summed E-state index contributed by atoms with van der Waals surface area (Å²) in [6, 6.07) is 5.87. The first kappa shape index (κ1) is 23.1. The van der Waals surface area contributed by atoms with Crippen molar-refractivity contribution in [2.24, 2.45) is 0 Å². The molecule has 1 aromatic carbocycles. The van der Waals surface area contributed by atoms with Crippen LogP contribution in [0.25, 0.3) is 0 Å². The lowest BCUT2D eigenvalue weighted by Gasteiger charge is -2.17. The largest absolute Gasteiger partial charge is 0.454 e. The second-order valence-corrected chi connectivity index (χ2v) is 7.31. The van der Waals surface area contributed by atoms with Gasteiger partial charge in [-0.1, -0.05) is 0 Å². The second-order valence-electron chi connectivity index (χ2n) is 7.31. The predicted octanol–water partition coefficient (Wildman–Crippen LogP) is 3.33. The van der Waals surface area contributed by atoms with Crippen LogP contribution in [-0.2, 0) is 9.47 Å². The van der Waals surface area contributed by atoms with E-state index >= 15 is 0 Å². The zero-order valence-corrected chi connectivity index (χ0v) is 18.1. The van der Waals surface area contributed by atoms with E-state index in [0.717, 1.165) is 17.5 Å². The van der Waals surface area contributed by atoms with E-state index in [-0.39, 0.29) is 23.1 Å². The summed E-state index contributed by atoms with van der Waals surface area (Å²) in [4.78, 5) is 37.3. The van der Waals surface area contributed by atoms with Crippen molar-refractivity contribution in [3.8, 4) is 0 Å². The number of benzene rings is 1. The molecule has 0 saturated heterocycles. The lowest BCUT2D eigenvalue weighted by molar-refractivity contribution is -0.384. The van der Waals surface area contributed by atoms with Gasteiger partial charge in [0.1, 0.15) is 5.69 Å². The van der Waals surface area contributed by atoms with Crippen LogP contribution < -0.4 is 4.90 Å². The van der Waals surface area contributed by atoms with Gasteiger partial charge in [-0.25, -0.2) is 4.79 Å². The maximum Gasteiger partial charge on any atom is 0.338 e. The molecule has 2 aromatic rings. The predicted molar refractivity (Wildman–Crippen MR) is 113 cm³/mol. The summed E-state index contributed by atoms with van der Waals surface area (Å²) in [5.41, 5.74) is 2.31. The molecule has 1 atom stereocenters. The number of rotatable bonds is 9. The number of aryl methyl sites for hydroxylation is 1. The normalized spacial score (nSPS) is 11.8. The Morgan fingerprint density at radius 3 is 2.47 bits per heavy atom. The molecule has 162 valence electrons. The fourth-order valence-electron chi connectivity index (χ4n) is 3.52. The molecule has 9 nitrogen and oxygen atoms in total. The van der Waals surface area contributed by atoms with E-state index in [9.17, 15) is 19.7 Å². The van der Waals surface area contributed by atoms with Gasteiger partial charge >= 0.3 is 5.97 Å². The average Bonchev–Trinajstić information content (AvgIpc) is 2.99. The van der Waals surface area contributed by atoms with E-state index in [4.69, 9.17) is 9.47 Å². The highest BCUT2D eigenvalue weighted by atomic mass is 16.6. The van der Waals surface area contributed by atoms with Crippen LogP contribution in [0.4, 0.5) is 11.4 Å². The van der Waals surface area contributed by atoms with E-state index in [2.05, 4.69) is 0 Å². The summed E-state index contributed by atoms with van der Waals surface area (Å²) >= 11 is 0. The topological polar surface area (TPSA) is 104 Å². The Hall–Kier alpha value is -3.20. The number of ketones is 1. The van der Waals surface area contributed by atoms with Crippen molar-refractivity contribution in [3.63, 3.8) is 0 Å². The van der Waals surface area contributed by atoms with Crippen molar-refractivity contribution in [3.05, 3.63) is 56.9 Å². The highest BCUT2D eigenvalue weighted by molar-refractivity contribution is 6.00. The monoisotopic (exact) mass is 417 g/mol. The molecule has 0 spiro atoms. The number of methoxy groups -OCH3 is 1. The SMILES string of the molecule is COC[C@@H](C)n1c(C)cc(C(=O)COC(=O)c2ccc(N(C)C)c([N+](=O)[O-])c2)c1C. The van der Waals surface area contributed by atoms with Crippen LogP contribution in [0.1, 0.15) is 45.1 Å². The summed E-state index contributed by atoms with van der Waals surface area (Å²) in [5.74, 6) is -1.13. The molecular formula is C21H27N3O6. The molecule has 9 heteroatoms. The third kappa shape index (κ3) is 4.85. The number of esters is 1. The van der Waals surface area contributed by atoms with Crippen molar-refractivity contribution >= 4 is 23.1 Å².